The number of aliphatic hydroxyl groups excluding tert-OH is 1. The standard InChI is InChI=1S/C23H32O4Se/c1-14(24)13-16(15-9-7-6-8-10-15)18(21(26)27-5)28-19-17-11-12-23(4,20(19)25)22(17,2)3/h6-10,14,16-19,24H,11-13H2,1-5H3/t14-,16+,17-,18+,19+,23+/m1/s1. The second-order valence-corrected chi connectivity index (χ2v) is 11.9. The van der Waals surface area contributed by atoms with Gasteiger partial charge in [0, 0.05) is 0 Å². The van der Waals surface area contributed by atoms with E-state index in [0.29, 0.717) is 18.1 Å². The van der Waals surface area contributed by atoms with Crippen molar-refractivity contribution in [3.8, 4) is 0 Å². The third-order valence-electron chi connectivity index (χ3n) is 7.39. The van der Waals surface area contributed by atoms with Crippen LogP contribution in [0.15, 0.2) is 30.3 Å². The van der Waals surface area contributed by atoms with Crippen molar-refractivity contribution in [1.29, 1.82) is 0 Å². The first-order valence-electron chi connectivity index (χ1n) is 10.1. The molecular weight excluding hydrogens is 419 g/mol. The number of methoxy groups -OCH3 is 1. The van der Waals surface area contributed by atoms with E-state index < -0.39 is 6.10 Å². The maximum atomic E-state index is 13.3. The average molecular weight is 451 g/mol. The fourth-order valence-electron chi connectivity index (χ4n) is 5.25. The molecule has 0 spiro atoms. The molecule has 2 bridgehead atoms. The van der Waals surface area contributed by atoms with Crippen LogP contribution in [-0.4, -0.2) is 45.0 Å². The molecule has 2 aliphatic carbocycles. The molecule has 6 atom stereocenters. The summed E-state index contributed by atoms with van der Waals surface area (Å²) in [5, 5.41) is 10.1. The fourth-order valence-corrected chi connectivity index (χ4v) is 9.51. The summed E-state index contributed by atoms with van der Waals surface area (Å²) >= 11 is -0.223. The Morgan fingerprint density at radius 2 is 1.93 bits per heavy atom. The molecule has 1 aromatic carbocycles. The van der Waals surface area contributed by atoms with Gasteiger partial charge in [-0.15, -0.1) is 0 Å². The van der Waals surface area contributed by atoms with Gasteiger partial charge in [-0.3, -0.25) is 0 Å². The summed E-state index contributed by atoms with van der Waals surface area (Å²) in [5.74, 6) is 0.274. The van der Waals surface area contributed by atoms with E-state index in [4.69, 9.17) is 4.74 Å². The Hall–Kier alpha value is -1.16. The zero-order valence-corrected chi connectivity index (χ0v) is 19.2. The number of fused-ring (bicyclic) bond motifs is 2. The molecule has 1 aromatic rings. The van der Waals surface area contributed by atoms with E-state index in [2.05, 4.69) is 20.8 Å². The molecule has 154 valence electrons. The molecule has 0 aliphatic heterocycles. The van der Waals surface area contributed by atoms with Crippen molar-refractivity contribution in [1.82, 2.24) is 0 Å². The number of carbonyl (C=O) groups excluding carboxylic acids is 2. The average Bonchev–Trinajstić information content (AvgIpc) is 2.97. The van der Waals surface area contributed by atoms with Crippen LogP contribution in [0.5, 0.6) is 0 Å². The Morgan fingerprint density at radius 3 is 2.43 bits per heavy atom. The quantitative estimate of drug-likeness (QED) is 0.503. The number of hydrogen-bond acceptors (Lipinski definition) is 4. The van der Waals surface area contributed by atoms with Gasteiger partial charge in [0.1, 0.15) is 0 Å². The fraction of sp³-hybridized carbons (Fsp3) is 0.652. The van der Waals surface area contributed by atoms with Gasteiger partial charge in [0.15, 0.2) is 0 Å². The van der Waals surface area contributed by atoms with Crippen LogP contribution < -0.4 is 0 Å². The van der Waals surface area contributed by atoms with Gasteiger partial charge in [0.2, 0.25) is 0 Å². The summed E-state index contributed by atoms with van der Waals surface area (Å²) in [6, 6.07) is 9.88. The van der Waals surface area contributed by atoms with Crippen LogP contribution in [0.4, 0.5) is 0 Å². The maximum absolute atomic E-state index is 13.3. The number of benzene rings is 1. The Kier molecular flexibility index (Phi) is 6.10. The van der Waals surface area contributed by atoms with Crippen LogP contribution in [0.25, 0.3) is 0 Å². The topological polar surface area (TPSA) is 63.6 Å². The van der Waals surface area contributed by atoms with Gasteiger partial charge in [-0.25, -0.2) is 0 Å². The molecule has 4 nitrogen and oxygen atoms in total. The van der Waals surface area contributed by atoms with Crippen LogP contribution in [0.2, 0.25) is 9.63 Å². The third-order valence-corrected chi connectivity index (χ3v) is 10.8. The summed E-state index contributed by atoms with van der Waals surface area (Å²) < 4.78 is 5.18. The molecule has 3 rings (SSSR count). The molecule has 2 aliphatic rings. The van der Waals surface area contributed by atoms with Gasteiger partial charge < -0.3 is 0 Å². The molecule has 5 heteroatoms. The van der Waals surface area contributed by atoms with Crippen LogP contribution in [0.1, 0.15) is 58.4 Å². The van der Waals surface area contributed by atoms with Gasteiger partial charge >= 0.3 is 175 Å². The second kappa shape index (κ2) is 7.93. The number of esters is 1. The van der Waals surface area contributed by atoms with Crippen molar-refractivity contribution in [2.75, 3.05) is 7.11 Å². The van der Waals surface area contributed by atoms with E-state index in [-0.39, 0.29) is 47.3 Å². The van der Waals surface area contributed by atoms with E-state index in [0.717, 1.165) is 18.4 Å². The summed E-state index contributed by atoms with van der Waals surface area (Å²) in [6.45, 7) is 8.31. The minimum atomic E-state index is -0.530. The normalized spacial score (nSPS) is 31.4. The number of hydrogen-bond donors (Lipinski definition) is 1. The van der Waals surface area contributed by atoms with Gasteiger partial charge in [0.05, 0.1) is 0 Å². The number of Topliss-reactive ketones (excluding diaryl/α,β-unsaturated/α-hetero) is 1. The first kappa shape index (κ1) is 21.5. The van der Waals surface area contributed by atoms with E-state index in [1.54, 1.807) is 6.92 Å². The molecule has 2 fully saturated rings. The van der Waals surface area contributed by atoms with Crippen molar-refractivity contribution in [3.63, 3.8) is 0 Å². The predicted octanol–water partition coefficient (Wildman–Crippen LogP) is 4.02. The van der Waals surface area contributed by atoms with E-state index in [1.165, 1.54) is 7.11 Å². The van der Waals surface area contributed by atoms with Gasteiger partial charge in [-0.2, -0.15) is 0 Å². The van der Waals surface area contributed by atoms with E-state index >= 15 is 0 Å². The van der Waals surface area contributed by atoms with Crippen molar-refractivity contribution >= 4 is 26.7 Å². The van der Waals surface area contributed by atoms with E-state index in [9.17, 15) is 14.7 Å². The van der Waals surface area contributed by atoms with Gasteiger partial charge in [-0.1, -0.05) is 0 Å². The van der Waals surface area contributed by atoms with E-state index in [1.807, 2.05) is 30.3 Å². The molecule has 1 N–H and O–H groups in total. The Bertz CT molecular complexity index is 729. The molecule has 0 heterocycles. The van der Waals surface area contributed by atoms with Crippen molar-refractivity contribution in [3.05, 3.63) is 35.9 Å². The number of aliphatic hydroxyl groups is 1. The Balaban J connectivity index is 1.94. The van der Waals surface area contributed by atoms with Crippen molar-refractivity contribution in [2.24, 2.45) is 16.7 Å². The van der Waals surface area contributed by atoms with Crippen molar-refractivity contribution < 1.29 is 19.4 Å². The molecule has 0 amide bonds. The minimum absolute atomic E-state index is 0.0241. The van der Waals surface area contributed by atoms with Crippen molar-refractivity contribution in [2.45, 2.75) is 68.6 Å². The molecule has 0 saturated heterocycles. The molecule has 0 radical (unpaired) electrons. The Labute approximate surface area is 174 Å². The van der Waals surface area contributed by atoms with Crippen LogP contribution in [0.3, 0.4) is 0 Å². The van der Waals surface area contributed by atoms with Gasteiger partial charge in [0.25, 0.3) is 0 Å². The van der Waals surface area contributed by atoms with Crippen LogP contribution in [0, 0.1) is 16.7 Å². The molecule has 0 aromatic heterocycles. The van der Waals surface area contributed by atoms with Gasteiger partial charge in [-0.05, 0) is 0 Å². The zero-order valence-electron chi connectivity index (χ0n) is 17.5. The Morgan fingerprint density at radius 1 is 1.29 bits per heavy atom. The SMILES string of the molecule is COC(=O)[C@@H]([Se][C@@H]1C(=O)[C@]2(C)CC[C@H]1C2(C)C)[C@@H](C[C@@H](C)O)c1ccccc1. The molecule has 0 unspecified atom stereocenters. The predicted molar refractivity (Wildman–Crippen MR) is 110 cm³/mol. The summed E-state index contributed by atoms with van der Waals surface area (Å²) in [6.07, 6.45) is 1.96. The molecular formula is C23H32O4Se. The monoisotopic (exact) mass is 452 g/mol. The third kappa shape index (κ3) is 3.46. The summed E-state index contributed by atoms with van der Waals surface area (Å²) in [5.41, 5.74) is 0.725. The zero-order chi connectivity index (χ0) is 20.7. The first-order valence-corrected chi connectivity index (χ1v) is 12.1. The van der Waals surface area contributed by atoms with Crippen LogP contribution >= 0.6 is 0 Å². The summed E-state index contributed by atoms with van der Waals surface area (Å²) in [4.78, 5) is 25.8. The number of ether oxygens (including phenoxy) is 1. The van der Waals surface area contributed by atoms with Crippen LogP contribution in [-0.2, 0) is 14.3 Å². The number of ketones is 1. The molecule has 28 heavy (non-hydrogen) atoms. The first-order chi connectivity index (χ1) is 13.1. The molecule has 2 saturated carbocycles. The second-order valence-electron chi connectivity index (χ2n) is 9.17. The summed E-state index contributed by atoms with van der Waals surface area (Å²) in [7, 11) is 1.42. The number of carbonyl (C=O) groups is 2. The number of rotatable bonds is 7.